The third kappa shape index (κ3) is 5.45. The van der Waals surface area contributed by atoms with Crippen LogP contribution in [0, 0.1) is 16.0 Å². The third-order valence-corrected chi connectivity index (χ3v) is 4.39. The predicted octanol–water partition coefficient (Wildman–Crippen LogP) is 2.44. The van der Waals surface area contributed by atoms with Gasteiger partial charge in [0.1, 0.15) is 5.92 Å². The van der Waals surface area contributed by atoms with E-state index in [4.69, 9.17) is 4.74 Å². The van der Waals surface area contributed by atoms with Crippen LogP contribution in [0.4, 0.5) is 16.2 Å². The number of benzene rings is 1. The Kier molecular flexibility index (Phi) is 6.77. The van der Waals surface area contributed by atoms with Gasteiger partial charge in [0, 0.05) is 23.5 Å². The summed E-state index contributed by atoms with van der Waals surface area (Å²) in [6, 6.07) is 4.73. The summed E-state index contributed by atoms with van der Waals surface area (Å²) in [5.74, 6) is -2.16. The second-order valence-electron chi connectivity index (χ2n) is 5.32. The van der Waals surface area contributed by atoms with Crippen molar-refractivity contribution in [2.45, 2.75) is 13.8 Å². The number of nitrogens with one attached hydrogen (secondary N) is 1. The molecule has 1 aliphatic heterocycles. The highest BCUT2D eigenvalue weighted by Crippen LogP contribution is 2.22. The van der Waals surface area contributed by atoms with Crippen molar-refractivity contribution in [2.24, 2.45) is 15.9 Å². The topological polar surface area (TPSA) is 140 Å². The highest BCUT2D eigenvalue weighted by molar-refractivity contribution is 8.14. The molecule has 142 valence electrons. The number of carbonyl (C=O) groups excluding carboxylic acids is 3. The number of non-ortho nitro benzene ring substituents is 1. The quantitative estimate of drug-likeness (QED) is 0.445. The van der Waals surface area contributed by atoms with Crippen LogP contribution in [0.25, 0.3) is 0 Å². The number of hydrogen-bond acceptors (Lipinski definition) is 7. The fourth-order valence-electron chi connectivity index (χ4n) is 2.22. The van der Waals surface area contributed by atoms with Gasteiger partial charge >= 0.3 is 12.0 Å². The van der Waals surface area contributed by atoms with Crippen LogP contribution in [0.15, 0.2) is 34.3 Å². The maximum absolute atomic E-state index is 12.1. The van der Waals surface area contributed by atoms with Crippen LogP contribution in [0.1, 0.15) is 13.8 Å². The van der Waals surface area contributed by atoms with Crippen molar-refractivity contribution in [1.29, 1.82) is 0 Å². The fraction of sp³-hybridized carbons (Fsp3) is 0.312. The molecular weight excluding hydrogens is 376 g/mol. The number of nitro groups is 1. The zero-order chi connectivity index (χ0) is 20.0. The molecule has 0 aromatic heterocycles. The standard InChI is InChI=1S/C16H16N4O6S/c1-3-26-15(22)13-9(2)17-16(23)19-14(13)27-8-12(21)18-10-5-4-6-11(7-10)20(24)25/h4-7,13H,3,8H2,1-2H3,(H,18,21). The summed E-state index contributed by atoms with van der Waals surface area (Å²) in [5, 5.41) is 13.4. The number of aliphatic imine (C=N–C) groups is 2. The molecule has 1 heterocycles. The minimum atomic E-state index is -0.932. The number of ether oxygens (including phenoxy) is 1. The fourth-order valence-corrected chi connectivity index (χ4v) is 3.15. The van der Waals surface area contributed by atoms with E-state index in [1.54, 1.807) is 6.92 Å². The molecule has 0 aliphatic carbocycles. The summed E-state index contributed by atoms with van der Waals surface area (Å²) < 4.78 is 4.97. The van der Waals surface area contributed by atoms with Crippen molar-refractivity contribution in [3.05, 3.63) is 34.4 Å². The Balaban J connectivity index is 2.04. The molecule has 3 amide bonds. The lowest BCUT2D eigenvalue weighted by molar-refractivity contribution is -0.384. The Bertz CT molecular complexity index is 851. The van der Waals surface area contributed by atoms with Crippen LogP contribution >= 0.6 is 11.8 Å². The van der Waals surface area contributed by atoms with Crippen LogP contribution in [0.5, 0.6) is 0 Å². The van der Waals surface area contributed by atoms with Gasteiger partial charge in [0.2, 0.25) is 5.91 Å². The van der Waals surface area contributed by atoms with E-state index in [0.29, 0.717) is 0 Å². The minimum absolute atomic E-state index is 0.125. The molecule has 1 atom stereocenters. The molecule has 0 saturated heterocycles. The van der Waals surface area contributed by atoms with Crippen LogP contribution in [0.2, 0.25) is 0 Å². The van der Waals surface area contributed by atoms with E-state index >= 15 is 0 Å². The summed E-state index contributed by atoms with van der Waals surface area (Å²) in [4.78, 5) is 53.3. The third-order valence-electron chi connectivity index (χ3n) is 3.36. The van der Waals surface area contributed by atoms with Gasteiger partial charge < -0.3 is 10.1 Å². The van der Waals surface area contributed by atoms with Crippen molar-refractivity contribution in [1.82, 2.24) is 0 Å². The van der Waals surface area contributed by atoms with Gasteiger partial charge in [0.25, 0.3) is 5.69 Å². The number of rotatable bonds is 6. The van der Waals surface area contributed by atoms with Crippen LogP contribution in [-0.4, -0.2) is 45.9 Å². The number of esters is 1. The first kappa shape index (κ1) is 20.2. The molecule has 1 unspecified atom stereocenters. The van der Waals surface area contributed by atoms with Crippen molar-refractivity contribution in [3.63, 3.8) is 0 Å². The van der Waals surface area contributed by atoms with E-state index in [0.717, 1.165) is 11.8 Å². The summed E-state index contributed by atoms with van der Waals surface area (Å²) in [6.45, 7) is 3.31. The molecule has 0 fully saturated rings. The highest BCUT2D eigenvalue weighted by atomic mass is 32.2. The molecule has 0 saturated carbocycles. The number of amides is 3. The number of urea groups is 1. The van der Waals surface area contributed by atoms with E-state index in [1.165, 1.54) is 31.2 Å². The van der Waals surface area contributed by atoms with Crippen LogP contribution < -0.4 is 5.32 Å². The second-order valence-corrected chi connectivity index (χ2v) is 6.31. The molecule has 1 aromatic carbocycles. The Morgan fingerprint density at radius 2 is 2.11 bits per heavy atom. The molecule has 2 rings (SSSR count). The highest BCUT2D eigenvalue weighted by Gasteiger charge is 2.33. The van der Waals surface area contributed by atoms with Crippen LogP contribution in [-0.2, 0) is 14.3 Å². The molecule has 27 heavy (non-hydrogen) atoms. The molecule has 10 nitrogen and oxygen atoms in total. The molecule has 0 radical (unpaired) electrons. The van der Waals surface area contributed by atoms with Gasteiger partial charge in [-0.25, -0.2) is 4.79 Å². The average Bonchev–Trinajstić information content (AvgIpc) is 2.59. The molecule has 1 aliphatic rings. The smallest absolute Gasteiger partial charge is 0.367 e. The molecule has 1 N–H and O–H groups in total. The van der Waals surface area contributed by atoms with E-state index in [1.807, 2.05) is 0 Å². The van der Waals surface area contributed by atoms with Gasteiger partial charge in [-0.15, -0.1) is 0 Å². The van der Waals surface area contributed by atoms with E-state index in [2.05, 4.69) is 15.3 Å². The first-order valence-corrected chi connectivity index (χ1v) is 8.81. The summed E-state index contributed by atoms with van der Waals surface area (Å²) in [6.07, 6.45) is 0. The van der Waals surface area contributed by atoms with Gasteiger partial charge in [0.15, 0.2) is 0 Å². The number of hydrogen-bond donors (Lipinski definition) is 1. The zero-order valence-corrected chi connectivity index (χ0v) is 15.3. The summed E-state index contributed by atoms with van der Waals surface area (Å²) >= 11 is 0.907. The molecular formula is C16H16N4O6S. The van der Waals surface area contributed by atoms with Crippen LogP contribution in [0.3, 0.4) is 0 Å². The van der Waals surface area contributed by atoms with Gasteiger partial charge in [-0.05, 0) is 19.9 Å². The lowest BCUT2D eigenvalue weighted by Crippen LogP contribution is -2.34. The maximum Gasteiger partial charge on any atom is 0.367 e. The van der Waals surface area contributed by atoms with Gasteiger partial charge in [-0.2, -0.15) is 9.98 Å². The van der Waals surface area contributed by atoms with Crippen molar-refractivity contribution >= 4 is 51.8 Å². The minimum Gasteiger partial charge on any atom is -0.465 e. The number of carbonyl (C=O) groups is 3. The first-order valence-electron chi connectivity index (χ1n) is 7.83. The average molecular weight is 392 g/mol. The first-order chi connectivity index (χ1) is 12.8. The van der Waals surface area contributed by atoms with Crippen molar-refractivity contribution in [3.8, 4) is 0 Å². The Morgan fingerprint density at radius 3 is 2.78 bits per heavy atom. The molecule has 0 spiro atoms. The second kappa shape index (κ2) is 9.03. The van der Waals surface area contributed by atoms with Crippen molar-refractivity contribution in [2.75, 3.05) is 17.7 Å². The van der Waals surface area contributed by atoms with E-state index in [9.17, 15) is 24.5 Å². The lowest BCUT2D eigenvalue weighted by Gasteiger charge is -2.19. The van der Waals surface area contributed by atoms with Crippen molar-refractivity contribution < 1.29 is 24.0 Å². The van der Waals surface area contributed by atoms with Gasteiger partial charge in [0.05, 0.1) is 22.3 Å². The molecule has 1 aromatic rings. The normalized spacial score (nSPS) is 16.2. The van der Waals surface area contributed by atoms with Gasteiger partial charge in [-0.1, -0.05) is 17.8 Å². The zero-order valence-electron chi connectivity index (χ0n) is 14.5. The Morgan fingerprint density at radius 1 is 1.37 bits per heavy atom. The van der Waals surface area contributed by atoms with Gasteiger partial charge in [-0.3, -0.25) is 19.7 Å². The summed E-state index contributed by atoms with van der Waals surface area (Å²) in [5.41, 5.74) is 0.350. The predicted molar refractivity (Wildman–Crippen MR) is 100 cm³/mol. The number of anilines is 1. The maximum atomic E-state index is 12.1. The molecule has 11 heteroatoms. The number of nitrogens with zero attached hydrogens (tertiary/aromatic N) is 3. The lowest BCUT2D eigenvalue weighted by atomic mass is 10.1. The SMILES string of the molecule is CCOC(=O)C1C(C)=NC(=O)N=C1SCC(=O)Nc1cccc([N+](=O)[O-])c1. The number of thioether (sulfide) groups is 1. The number of nitro benzene ring substituents is 1. The largest absolute Gasteiger partial charge is 0.465 e. The monoisotopic (exact) mass is 392 g/mol. The summed E-state index contributed by atoms with van der Waals surface area (Å²) in [7, 11) is 0. The Labute approximate surface area is 158 Å². The Hall–Kier alpha value is -3.08. The molecule has 0 bridgehead atoms. The van der Waals surface area contributed by atoms with E-state index in [-0.39, 0.29) is 34.5 Å². The van der Waals surface area contributed by atoms with E-state index < -0.39 is 28.7 Å².